The minimum atomic E-state index is -0.340. The predicted octanol–water partition coefficient (Wildman–Crippen LogP) is 3.62. The highest BCUT2D eigenvalue weighted by Gasteiger charge is 2.39. The fourth-order valence-corrected chi connectivity index (χ4v) is 3.24. The number of anilines is 1. The van der Waals surface area contributed by atoms with Crippen LogP contribution in [0, 0.1) is 6.92 Å². The number of amides is 2. The Labute approximate surface area is 171 Å². The van der Waals surface area contributed by atoms with Gasteiger partial charge in [-0.15, -0.1) is 0 Å². The normalized spacial score (nSPS) is 14.0. The van der Waals surface area contributed by atoms with E-state index in [-0.39, 0.29) is 17.5 Å². The van der Waals surface area contributed by atoms with Gasteiger partial charge in [-0.3, -0.25) is 14.5 Å². The number of hydrogen-bond donors (Lipinski definition) is 1. The van der Waals surface area contributed by atoms with E-state index in [4.69, 9.17) is 9.47 Å². The van der Waals surface area contributed by atoms with Crippen molar-refractivity contribution in [2.75, 3.05) is 32.2 Å². The summed E-state index contributed by atoms with van der Waals surface area (Å²) < 4.78 is 10.7. The van der Waals surface area contributed by atoms with Gasteiger partial charge in [0.25, 0.3) is 11.8 Å². The van der Waals surface area contributed by atoms with Crippen molar-refractivity contribution >= 4 is 23.1 Å². The monoisotopic (exact) mass is 394 g/mol. The Balaban J connectivity index is 2.01. The van der Waals surface area contributed by atoms with Crippen LogP contribution in [-0.4, -0.2) is 43.6 Å². The molecule has 0 spiro atoms. The molecule has 0 saturated heterocycles. The second kappa shape index (κ2) is 9.39. The van der Waals surface area contributed by atoms with Crippen molar-refractivity contribution in [1.29, 1.82) is 0 Å². The smallest absolute Gasteiger partial charge is 0.278 e. The number of nitrogens with one attached hydrogen (secondary N) is 1. The van der Waals surface area contributed by atoms with Crippen molar-refractivity contribution in [3.8, 4) is 5.75 Å². The molecule has 1 aliphatic rings. The van der Waals surface area contributed by atoms with E-state index < -0.39 is 0 Å². The highest BCUT2D eigenvalue weighted by Crippen LogP contribution is 2.33. The lowest BCUT2D eigenvalue weighted by Crippen LogP contribution is -2.33. The maximum Gasteiger partial charge on any atom is 0.278 e. The van der Waals surface area contributed by atoms with Gasteiger partial charge in [-0.25, -0.2) is 0 Å². The average Bonchev–Trinajstić information content (AvgIpc) is 2.95. The number of aryl methyl sites for hydroxylation is 1. The molecule has 6 nitrogen and oxygen atoms in total. The first-order valence-corrected chi connectivity index (χ1v) is 9.72. The lowest BCUT2D eigenvalue weighted by molar-refractivity contribution is -0.136. The molecule has 0 atom stereocenters. The molecule has 3 rings (SSSR count). The van der Waals surface area contributed by atoms with Gasteiger partial charge in [0.2, 0.25) is 0 Å². The third-order valence-electron chi connectivity index (χ3n) is 4.69. The molecule has 2 amide bonds. The first-order chi connectivity index (χ1) is 14.1. The molecule has 0 aromatic heterocycles. The minimum absolute atomic E-state index is 0.267. The van der Waals surface area contributed by atoms with Crippen LogP contribution in [0.15, 0.2) is 54.2 Å². The second-order valence-corrected chi connectivity index (χ2v) is 6.78. The molecular formula is C23H26N2O4. The van der Waals surface area contributed by atoms with Gasteiger partial charge in [-0.1, -0.05) is 42.0 Å². The summed E-state index contributed by atoms with van der Waals surface area (Å²) in [7, 11) is 1.60. The molecule has 1 N–H and O–H groups in total. The number of methoxy groups -OCH3 is 1. The molecule has 0 aliphatic carbocycles. The molecule has 0 bridgehead atoms. The Morgan fingerprint density at radius 1 is 1.00 bits per heavy atom. The van der Waals surface area contributed by atoms with Crippen LogP contribution in [0.4, 0.5) is 5.69 Å². The number of nitrogens with zero attached hydrogens (tertiary/aromatic N) is 1. The molecule has 29 heavy (non-hydrogen) atoms. The molecular weight excluding hydrogens is 368 g/mol. The molecule has 0 radical (unpaired) electrons. The van der Waals surface area contributed by atoms with Gasteiger partial charge >= 0.3 is 0 Å². The van der Waals surface area contributed by atoms with Crippen molar-refractivity contribution in [1.82, 2.24) is 4.90 Å². The summed E-state index contributed by atoms with van der Waals surface area (Å²) in [5.41, 5.74) is 3.08. The first-order valence-electron chi connectivity index (χ1n) is 9.72. The number of ether oxygens (including phenoxy) is 2. The Morgan fingerprint density at radius 2 is 1.72 bits per heavy atom. The van der Waals surface area contributed by atoms with Crippen molar-refractivity contribution < 1.29 is 19.1 Å². The van der Waals surface area contributed by atoms with Gasteiger partial charge in [-0.05, 0) is 38.0 Å². The lowest BCUT2D eigenvalue weighted by Gasteiger charge is -2.15. The summed E-state index contributed by atoms with van der Waals surface area (Å²) >= 11 is 0. The standard InChI is InChI=1S/C23H26N2O4/c1-4-29-19-9-6-5-8-18(19)24-21-20(17-12-10-16(2)11-13-17)22(26)25(23(21)27)14-7-15-28-3/h5-6,8-13,24H,4,7,14-15H2,1-3H3. The second-order valence-electron chi connectivity index (χ2n) is 6.78. The van der Waals surface area contributed by atoms with E-state index in [0.29, 0.717) is 48.8 Å². The van der Waals surface area contributed by atoms with Gasteiger partial charge in [0.05, 0.1) is 17.9 Å². The predicted molar refractivity (Wildman–Crippen MR) is 113 cm³/mol. The summed E-state index contributed by atoms with van der Waals surface area (Å²) in [6.07, 6.45) is 0.581. The van der Waals surface area contributed by atoms with E-state index in [2.05, 4.69) is 5.32 Å². The number of para-hydroxylation sites is 2. The first kappa shape index (κ1) is 20.6. The zero-order chi connectivity index (χ0) is 20.8. The summed E-state index contributed by atoms with van der Waals surface area (Å²) in [4.78, 5) is 27.6. The summed E-state index contributed by atoms with van der Waals surface area (Å²) in [5.74, 6) is -0.0110. The fraction of sp³-hybridized carbons (Fsp3) is 0.304. The molecule has 2 aromatic carbocycles. The minimum Gasteiger partial charge on any atom is -0.492 e. The molecule has 0 saturated carbocycles. The summed E-state index contributed by atoms with van der Waals surface area (Å²) in [6, 6.07) is 15.0. The van der Waals surface area contributed by atoms with Crippen molar-refractivity contribution in [2.24, 2.45) is 0 Å². The number of benzene rings is 2. The molecule has 1 aliphatic heterocycles. The topological polar surface area (TPSA) is 67.9 Å². The molecule has 0 fully saturated rings. The summed E-state index contributed by atoms with van der Waals surface area (Å²) in [5, 5.41) is 3.17. The van der Waals surface area contributed by atoms with E-state index in [0.717, 1.165) is 5.56 Å². The third kappa shape index (κ3) is 4.49. The van der Waals surface area contributed by atoms with E-state index in [1.54, 1.807) is 7.11 Å². The highest BCUT2D eigenvalue weighted by atomic mass is 16.5. The third-order valence-corrected chi connectivity index (χ3v) is 4.69. The summed E-state index contributed by atoms with van der Waals surface area (Å²) in [6.45, 7) is 5.16. The Kier molecular flexibility index (Phi) is 6.67. The largest absolute Gasteiger partial charge is 0.492 e. The van der Waals surface area contributed by atoms with Gasteiger partial charge < -0.3 is 14.8 Å². The fourth-order valence-electron chi connectivity index (χ4n) is 3.24. The number of hydrogen-bond acceptors (Lipinski definition) is 5. The van der Waals surface area contributed by atoms with Crippen LogP contribution in [0.3, 0.4) is 0 Å². The van der Waals surface area contributed by atoms with Gasteiger partial charge in [0.15, 0.2) is 0 Å². The zero-order valence-corrected chi connectivity index (χ0v) is 17.0. The van der Waals surface area contributed by atoms with Gasteiger partial charge in [-0.2, -0.15) is 0 Å². The van der Waals surface area contributed by atoms with Crippen LogP contribution in [0.1, 0.15) is 24.5 Å². The van der Waals surface area contributed by atoms with E-state index >= 15 is 0 Å². The SMILES string of the molecule is CCOc1ccccc1NC1=C(c2ccc(C)cc2)C(=O)N(CCCOC)C1=O. The Morgan fingerprint density at radius 3 is 2.41 bits per heavy atom. The molecule has 0 unspecified atom stereocenters. The maximum atomic E-state index is 13.1. The molecule has 2 aromatic rings. The number of rotatable bonds is 9. The van der Waals surface area contributed by atoms with Crippen molar-refractivity contribution in [3.05, 3.63) is 65.4 Å². The molecule has 6 heteroatoms. The van der Waals surface area contributed by atoms with Crippen LogP contribution in [-0.2, 0) is 14.3 Å². The number of imide groups is 1. The van der Waals surface area contributed by atoms with Crippen molar-refractivity contribution in [3.63, 3.8) is 0 Å². The maximum absolute atomic E-state index is 13.1. The van der Waals surface area contributed by atoms with Crippen LogP contribution < -0.4 is 10.1 Å². The van der Waals surface area contributed by atoms with Crippen LogP contribution in [0.5, 0.6) is 5.75 Å². The van der Waals surface area contributed by atoms with Crippen LogP contribution in [0.25, 0.3) is 5.57 Å². The van der Waals surface area contributed by atoms with E-state index in [9.17, 15) is 9.59 Å². The van der Waals surface area contributed by atoms with E-state index in [1.165, 1.54) is 4.90 Å². The number of carbonyl (C=O) groups excluding carboxylic acids is 2. The number of carbonyl (C=O) groups is 2. The quantitative estimate of drug-likeness (QED) is 0.520. The highest BCUT2D eigenvalue weighted by molar-refractivity contribution is 6.36. The van der Waals surface area contributed by atoms with Crippen LogP contribution in [0.2, 0.25) is 0 Å². The van der Waals surface area contributed by atoms with Gasteiger partial charge in [0.1, 0.15) is 11.4 Å². The lowest BCUT2D eigenvalue weighted by atomic mass is 10.0. The Hall–Kier alpha value is -3.12. The zero-order valence-electron chi connectivity index (χ0n) is 17.0. The Bertz CT molecular complexity index is 919. The molecule has 152 valence electrons. The van der Waals surface area contributed by atoms with E-state index in [1.807, 2.05) is 62.4 Å². The van der Waals surface area contributed by atoms with Crippen molar-refractivity contribution in [2.45, 2.75) is 20.3 Å². The van der Waals surface area contributed by atoms with Gasteiger partial charge in [0, 0.05) is 20.3 Å². The molecule has 1 heterocycles. The average molecular weight is 394 g/mol. The van der Waals surface area contributed by atoms with Crippen LogP contribution >= 0.6 is 0 Å².